The average molecular weight is 1840 g/mol. The first-order chi connectivity index (χ1) is 63.3. The summed E-state index contributed by atoms with van der Waals surface area (Å²) in [7, 11) is 6.17. The molecule has 0 aliphatic heterocycles. The molecule has 134 heavy (non-hydrogen) atoms. The van der Waals surface area contributed by atoms with Gasteiger partial charge < -0.3 is 57.6 Å². The molecule has 0 spiro atoms. The van der Waals surface area contributed by atoms with E-state index in [-0.39, 0.29) is 101 Å². The van der Waals surface area contributed by atoms with Crippen LogP contribution in [0.1, 0.15) is 178 Å². The smallest absolute Gasteiger partial charge is 0.433 e. The summed E-state index contributed by atoms with van der Waals surface area (Å²) < 4.78 is 111. The number of halogens is 6. The van der Waals surface area contributed by atoms with Crippen LogP contribution in [0.5, 0.6) is 0 Å². The Morgan fingerprint density at radius 3 is 1.02 bits per heavy atom. The van der Waals surface area contributed by atoms with Crippen LogP contribution >= 0.6 is 11.3 Å². The molecule has 1 saturated carbocycles. The van der Waals surface area contributed by atoms with E-state index in [1.165, 1.54) is 92.5 Å². The molecule has 5 heterocycles. The highest BCUT2D eigenvalue weighted by Gasteiger charge is 2.56. The average Bonchev–Trinajstić information content (AvgIpc) is 1.57. The first-order valence-electron chi connectivity index (χ1n) is 41.9. The summed E-state index contributed by atoms with van der Waals surface area (Å²) in [6.45, 7) is 13.4. The van der Waals surface area contributed by atoms with Crippen LogP contribution in [0.2, 0.25) is 0 Å². The fraction of sp³-hybridized carbons (Fsp3) is 0.279. The normalized spacial score (nSPS) is 14.6. The van der Waals surface area contributed by atoms with Gasteiger partial charge in [-0.3, -0.25) is 19.2 Å². The number of aryl methyl sites for hydroxylation is 5. The van der Waals surface area contributed by atoms with E-state index < -0.39 is 80.9 Å². The molecule has 684 valence electrons. The second kappa shape index (κ2) is 40.0. The van der Waals surface area contributed by atoms with Crippen LogP contribution in [-0.2, 0) is 130 Å². The molecule has 0 saturated heterocycles. The van der Waals surface area contributed by atoms with Crippen LogP contribution in [0, 0.1) is 82.9 Å². The predicted molar refractivity (Wildman–Crippen MR) is 487 cm³/mol. The van der Waals surface area contributed by atoms with Gasteiger partial charge >= 0.3 is 36.2 Å². The number of fused-ring (bicyclic) bond motifs is 4. The highest BCUT2D eigenvalue weighted by molar-refractivity contribution is 7.09. The Balaban J connectivity index is 0.000000162. The van der Waals surface area contributed by atoms with Gasteiger partial charge in [-0.05, 0) is 109 Å². The Kier molecular flexibility index (Phi) is 29.3. The zero-order valence-corrected chi connectivity index (χ0v) is 75.6. The van der Waals surface area contributed by atoms with Gasteiger partial charge in [0.05, 0.1) is 45.6 Å². The minimum absolute atomic E-state index is 0.00862. The van der Waals surface area contributed by atoms with Crippen molar-refractivity contribution in [3.8, 4) is 59.5 Å². The summed E-state index contributed by atoms with van der Waals surface area (Å²) in [5, 5.41) is 62.8. The van der Waals surface area contributed by atoms with E-state index in [1.807, 2.05) is 61.4 Å². The van der Waals surface area contributed by atoms with E-state index in [4.69, 9.17) is 18.9 Å². The molecule has 30 heteroatoms. The maximum Gasteiger partial charge on any atom is 0.433 e. The molecule has 0 bridgehead atoms. The van der Waals surface area contributed by atoms with Gasteiger partial charge in [-0.25, -0.2) is 24.2 Å². The molecule has 5 aromatic carbocycles. The second-order valence-electron chi connectivity index (χ2n) is 33.4. The third kappa shape index (κ3) is 21.3. The van der Waals surface area contributed by atoms with Gasteiger partial charge in [0.2, 0.25) is 11.2 Å². The van der Waals surface area contributed by atoms with Crippen molar-refractivity contribution in [3.05, 3.63) is 350 Å². The van der Waals surface area contributed by atoms with Gasteiger partial charge in [0.25, 0.3) is 22.2 Å². The van der Waals surface area contributed by atoms with Crippen molar-refractivity contribution in [3.63, 3.8) is 0 Å². The minimum atomic E-state index is -5.13. The number of thiazole rings is 1. The Hall–Kier alpha value is -15.0. The summed E-state index contributed by atoms with van der Waals surface area (Å²) in [6.07, 6.45) is -0.0338. The molecule has 5 aliphatic rings. The number of carbonyl (C=O) groups is 4. The number of benzene rings is 5. The molecule has 0 amide bonds. The molecular formula is C104H89F6N7O16S. The number of carbonyl (C=O) groups excluding carboxylic acids is 4. The van der Waals surface area contributed by atoms with E-state index in [0.717, 1.165) is 59.4 Å². The van der Waals surface area contributed by atoms with Crippen molar-refractivity contribution in [1.29, 1.82) is 10.5 Å². The van der Waals surface area contributed by atoms with Gasteiger partial charge in [0, 0.05) is 179 Å². The van der Waals surface area contributed by atoms with Crippen molar-refractivity contribution in [2.24, 2.45) is 34.1 Å². The van der Waals surface area contributed by atoms with Crippen molar-refractivity contribution >= 4 is 57.5 Å². The molecule has 1 fully saturated rings. The van der Waals surface area contributed by atoms with E-state index in [0.29, 0.717) is 95.8 Å². The Bertz CT molecular complexity index is 7200. The number of ether oxygens (including phenoxy) is 4. The molecule has 3 unspecified atom stereocenters. The summed E-state index contributed by atoms with van der Waals surface area (Å²) in [5.41, 5.74) is -0.711. The first kappa shape index (κ1) is 98.1. The second-order valence-corrected chi connectivity index (χ2v) is 34.4. The zero-order valence-electron chi connectivity index (χ0n) is 74.8. The molecule has 15 rings (SSSR count). The number of nitrogens with zero attached hydrogens (tertiary/aromatic N) is 7. The van der Waals surface area contributed by atoms with Gasteiger partial charge in [-0.1, -0.05) is 179 Å². The lowest BCUT2D eigenvalue weighted by atomic mass is 9.92. The van der Waals surface area contributed by atoms with Gasteiger partial charge in [0.15, 0.2) is 0 Å². The number of nitriles is 2. The maximum atomic E-state index is 14.0. The first-order valence-corrected chi connectivity index (χ1v) is 42.7. The van der Waals surface area contributed by atoms with Crippen LogP contribution in [-0.4, -0.2) is 91.1 Å². The summed E-state index contributed by atoms with van der Waals surface area (Å²) >= 11 is 1.41. The van der Waals surface area contributed by atoms with Crippen molar-refractivity contribution in [2.75, 3.05) is 0 Å². The number of alkyl halides is 6. The standard InChI is InChI=1S/C29H21F3N2O4.C29H24F3NO4.C24H22N2O4.C22H22N2O4S/c1-18-14-23-25(24(18)27(36)38-17-21-9-7-6-8-19(21)15-33)20(16-34(2)26(23)35)12-13-28(37,29(30,31)32)22-10-4-3-5-11-22;1-18-9-7-8-10-21(18)17-37-27(35)24-19(2)15-23-25(24)20(16-33(3)26(23)34)13-14-28(36,29(30,31)32)22-11-5-4-6-12-22;1-15-11-19-21(17(9-10-24(2,3)29)13-26(4)22(19)27)20(15)23(28)30-14-18-8-6-5-7-16(18)12-25;1-13-10-16-19(18(13)21(26)28-12-17-23-8-9-29-17)14(11-24(3)20(16)25)6-7-22(2,27)15-4-5-15/h3-11,16,37H,14,17H2,1-2H3;4-12,16,36H,15,17H2,1-3H3;5-8,13,29H,11,14H2,1-4H3;8-9,11,15,27H,4-5,10,12H2,1-3H3. The van der Waals surface area contributed by atoms with Gasteiger partial charge in [0.1, 0.15) is 42.6 Å². The highest BCUT2D eigenvalue weighted by atomic mass is 32.1. The maximum absolute atomic E-state index is 14.0. The van der Waals surface area contributed by atoms with Crippen molar-refractivity contribution < 1.29 is 84.9 Å². The monoisotopic (exact) mass is 1840 g/mol. The van der Waals surface area contributed by atoms with Crippen LogP contribution in [0.3, 0.4) is 0 Å². The zero-order chi connectivity index (χ0) is 97.4. The molecule has 5 aromatic heterocycles. The molecular weight excluding hydrogens is 1750 g/mol. The Morgan fingerprint density at radius 2 is 0.716 bits per heavy atom. The van der Waals surface area contributed by atoms with Crippen molar-refractivity contribution in [1.82, 2.24) is 23.3 Å². The fourth-order valence-corrected chi connectivity index (χ4v) is 16.2. The largest absolute Gasteiger partial charge is 0.457 e. The SMILES string of the molecule is CC1=C(C(=O)OCc2ccccc2C#N)c2c(C#CC(C)(C)O)cn(C)c(=O)c2C1.CC1=C(C(=O)OCc2ccccc2C#N)c2c(C#CC(O)(c3ccccc3)C(F)(F)F)cn(C)c(=O)c2C1.CC1=C(C(=O)OCc2ccccc2C)c2c(C#CC(O)(c3ccccc3)C(F)(F)F)cn(C)c(=O)c2C1.CC1=C(C(=O)OCc2nccs2)c2c(C#CC(C)(O)C3CC3)cn(C)c(=O)c2C1. The topological polar surface area (TPSA) is 335 Å². The number of hydrogen-bond donors (Lipinski definition) is 4. The molecule has 4 N–H and O–H groups in total. The van der Waals surface area contributed by atoms with Gasteiger partial charge in [-0.15, -0.1) is 11.3 Å². The summed E-state index contributed by atoms with van der Waals surface area (Å²) in [5.74, 6) is 18.0. The number of hydrogen-bond acceptors (Lipinski definition) is 20. The Morgan fingerprint density at radius 1 is 0.418 bits per heavy atom. The molecule has 10 aromatic rings. The van der Waals surface area contributed by atoms with E-state index in [2.05, 4.69) is 46.6 Å². The van der Waals surface area contributed by atoms with Crippen molar-refractivity contribution in [2.45, 2.75) is 155 Å². The van der Waals surface area contributed by atoms with Crippen LogP contribution in [0.25, 0.3) is 22.3 Å². The summed E-state index contributed by atoms with van der Waals surface area (Å²) in [6, 6.07) is 37.9. The number of aromatic nitrogens is 5. The third-order valence-corrected chi connectivity index (χ3v) is 23.6. The number of esters is 4. The number of aliphatic hydroxyl groups is 4. The predicted octanol–water partition coefficient (Wildman–Crippen LogP) is 13.6. The van der Waals surface area contributed by atoms with E-state index in [9.17, 15) is 95.6 Å². The molecule has 5 aliphatic carbocycles. The molecule has 3 atom stereocenters. The Labute approximate surface area is 770 Å². The number of rotatable bonds is 15. The van der Waals surface area contributed by atoms with Crippen LogP contribution < -0.4 is 22.2 Å². The number of pyridine rings is 4. The lowest BCUT2D eigenvalue weighted by molar-refractivity contribution is -0.241. The van der Waals surface area contributed by atoms with E-state index in [1.54, 1.807) is 123 Å². The van der Waals surface area contributed by atoms with Gasteiger partial charge in [-0.2, -0.15) is 36.9 Å². The highest BCUT2D eigenvalue weighted by Crippen LogP contribution is 2.44. The minimum Gasteiger partial charge on any atom is -0.457 e. The number of allylic oxidation sites excluding steroid dienone is 4. The molecule has 23 nitrogen and oxygen atoms in total. The quantitative estimate of drug-likeness (QED) is 0.0320. The van der Waals surface area contributed by atoms with Crippen LogP contribution in [0.4, 0.5) is 26.3 Å². The third-order valence-electron chi connectivity index (χ3n) is 22.9. The lowest BCUT2D eigenvalue weighted by Crippen LogP contribution is -2.41. The molecule has 0 radical (unpaired) electrons. The lowest BCUT2D eigenvalue weighted by Gasteiger charge is -2.25. The van der Waals surface area contributed by atoms with E-state index >= 15 is 0 Å². The summed E-state index contributed by atoms with van der Waals surface area (Å²) in [4.78, 5) is 107. The van der Waals surface area contributed by atoms with Crippen LogP contribution in [0.15, 0.2) is 211 Å². The fourth-order valence-electron chi connectivity index (χ4n) is 15.6.